The van der Waals surface area contributed by atoms with Crippen LogP contribution in [0.2, 0.25) is 0 Å². The Morgan fingerprint density at radius 2 is 1.94 bits per heavy atom. The summed E-state index contributed by atoms with van der Waals surface area (Å²) in [5.41, 5.74) is 3.06. The van der Waals surface area contributed by atoms with Gasteiger partial charge in [-0.2, -0.15) is 0 Å². The third-order valence-corrected chi connectivity index (χ3v) is 6.23. The fourth-order valence-electron chi connectivity index (χ4n) is 4.61. The molecule has 3 N–H and O–H groups in total. The van der Waals surface area contributed by atoms with Gasteiger partial charge in [0.15, 0.2) is 0 Å². The van der Waals surface area contributed by atoms with Crippen LogP contribution in [0.1, 0.15) is 64.9 Å². The summed E-state index contributed by atoms with van der Waals surface area (Å²) in [6, 6.07) is 14.0. The molecule has 0 saturated carbocycles. The molecule has 32 heavy (non-hydrogen) atoms. The zero-order chi connectivity index (χ0) is 23.3. The third-order valence-electron chi connectivity index (χ3n) is 6.23. The van der Waals surface area contributed by atoms with Gasteiger partial charge in [0, 0.05) is 12.2 Å². The molecule has 6 nitrogen and oxygen atoms in total. The van der Waals surface area contributed by atoms with Crippen LogP contribution in [0.3, 0.4) is 0 Å². The number of aliphatic carboxylic acids is 1. The van der Waals surface area contributed by atoms with Crippen LogP contribution in [-0.2, 0) is 4.79 Å². The van der Waals surface area contributed by atoms with Gasteiger partial charge in [-0.15, -0.1) is 0 Å². The number of carboxylic acid groups (broad SMARTS) is 1. The van der Waals surface area contributed by atoms with Crippen molar-refractivity contribution in [2.45, 2.75) is 70.9 Å². The first kappa shape index (κ1) is 23.9. The zero-order valence-corrected chi connectivity index (χ0v) is 19.6. The lowest BCUT2D eigenvalue weighted by Gasteiger charge is -2.36. The Balaban J connectivity index is 1.99. The molecule has 1 unspecified atom stereocenters. The number of aliphatic hydroxyl groups is 1. The molecule has 3 rings (SSSR count). The second-order valence-electron chi connectivity index (χ2n) is 9.07. The summed E-state index contributed by atoms with van der Waals surface area (Å²) in [7, 11) is 0. The van der Waals surface area contributed by atoms with Gasteiger partial charge in [0.25, 0.3) is 0 Å². The summed E-state index contributed by atoms with van der Waals surface area (Å²) in [5.74, 6) is -0.0177. The second kappa shape index (κ2) is 10.3. The van der Waals surface area contributed by atoms with E-state index in [0.29, 0.717) is 6.61 Å². The van der Waals surface area contributed by atoms with Crippen LogP contribution in [0, 0.1) is 0 Å². The molecule has 0 spiro atoms. The smallest absolute Gasteiger partial charge is 0.303 e. The number of nitrogens with zero attached hydrogens (tertiary/aromatic N) is 1. The minimum absolute atomic E-state index is 0.0234. The predicted octanol–water partition coefficient (Wildman–Crippen LogP) is 5.54. The van der Waals surface area contributed by atoms with Crippen molar-refractivity contribution in [1.82, 2.24) is 0 Å². The molecular weight excluding hydrogens is 404 g/mol. The summed E-state index contributed by atoms with van der Waals surface area (Å²) < 4.78 is 5.55. The van der Waals surface area contributed by atoms with Gasteiger partial charge < -0.3 is 25.2 Å². The molecule has 2 aromatic carbocycles. The second-order valence-corrected chi connectivity index (χ2v) is 9.07. The van der Waals surface area contributed by atoms with Crippen LogP contribution in [0.5, 0.6) is 5.75 Å². The van der Waals surface area contributed by atoms with Crippen molar-refractivity contribution in [3.63, 3.8) is 0 Å². The molecule has 0 aromatic heterocycles. The molecule has 1 heterocycles. The molecule has 0 amide bonds. The highest BCUT2D eigenvalue weighted by Crippen LogP contribution is 2.39. The van der Waals surface area contributed by atoms with E-state index in [-0.39, 0.29) is 18.4 Å². The zero-order valence-electron chi connectivity index (χ0n) is 19.6. The SMILES string of the molecule is CCOc1ccc(Nc2cc(C(CC)CC(=O)O)ccc2N2CCC[C@H]2C(C)(C)O)cc1. The van der Waals surface area contributed by atoms with Gasteiger partial charge in [0.1, 0.15) is 5.75 Å². The maximum Gasteiger partial charge on any atom is 0.303 e. The van der Waals surface area contributed by atoms with Crippen LogP contribution in [0.4, 0.5) is 17.1 Å². The van der Waals surface area contributed by atoms with Gasteiger partial charge in [-0.1, -0.05) is 13.0 Å². The molecule has 6 heteroatoms. The van der Waals surface area contributed by atoms with E-state index in [4.69, 9.17) is 4.74 Å². The Hall–Kier alpha value is -2.73. The monoisotopic (exact) mass is 440 g/mol. The minimum Gasteiger partial charge on any atom is -0.494 e. The number of hydrogen-bond acceptors (Lipinski definition) is 5. The van der Waals surface area contributed by atoms with Gasteiger partial charge >= 0.3 is 5.97 Å². The van der Waals surface area contributed by atoms with Crippen molar-refractivity contribution in [3.05, 3.63) is 48.0 Å². The average Bonchev–Trinajstić information content (AvgIpc) is 3.24. The molecule has 1 fully saturated rings. The Morgan fingerprint density at radius 1 is 1.22 bits per heavy atom. The summed E-state index contributed by atoms with van der Waals surface area (Å²) in [6.45, 7) is 9.20. The fourth-order valence-corrected chi connectivity index (χ4v) is 4.61. The summed E-state index contributed by atoms with van der Waals surface area (Å²) in [6.07, 6.45) is 2.82. The van der Waals surface area contributed by atoms with Gasteiger partial charge in [0.05, 0.1) is 36.0 Å². The number of ether oxygens (including phenoxy) is 1. The maximum atomic E-state index is 11.4. The summed E-state index contributed by atoms with van der Waals surface area (Å²) in [4.78, 5) is 13.6. The Morgan fingerprint density at radius 3 is 2.53 bits per heavy atom. The van der Waals surface area contributed by atoms with E-state index in [1.165, 1.54) is 0 Å². The van der Waals surface area contributed by atoms with E-state index in [9.17, 15) is 15.0 Å². The molecule has 0 radical (unpaired) electrons. The van der Waals surface area contributed by atoms with Crippen molar-refractivity contribution < 1.29 is 19.7 Å². The third kappa shape index (κ3) is 5.74. The molecule has 1 aliphatic rings. The molecule has 2 aromatic rings. The number of rotatable bonds is 10. The van der Waals surface area contributed by atoms with Crippen LogP contribution < -0.4 is 15.0 Å². The number of hydrogen-bond donors (Lipinski definition) is 3. The van der Waals surface area contributed by atoms with Crippen molar-refractivity contribution in [2.24, 2.45) is 0 Å². The first-order valence-electron chi connectivity index (χ1n) is 11.6. The van der Waals surface area contributed by atoms with Gasteiger partial charge in [0.2, 0.25) is 0 Å². The lowest BCUT2D eigenvalue weighted by molar-refractivity contribution is -0.137. The number of carbonyl (C=O) groups is 1. The Labute approximate surface area is 191 Å². The van der Waals surface area contributed by atoms with E-state index in [1.807, 2.05) is 58.0 Å². The summed E-state index contributed by atoms with van der Waals surface area (Å²) in [5, 5.41) is 23.6. The normalized spacial score (nSPS) is 17.3. The predicted molar refractivity (Wildman–Crippen MR) is 129 cm³/mol. The van der Waals surface area contributed by atoms with E-state index < -0.39 is 11.6 Å². The molecular formula is C26H36N2O4. The molecule has 0 bridgehead atoms. The van der Waals surface area contributed by atoms with Crippen molar-refractivity contribution in [2.75, 3.05) is 23.4 Å². The van der Waals surface area contributed by atoms with Gasteiger partial charge in [-0.25, -0.2) is 0 Å². The first-order chi connectivity index (χ1) is 15.2. The highest BCUT2D eigenvalue weighted by atomic mass is 16.5. The largest absolute Gasteiger partial charge is 0.494 e. The van der Waals surface area contributed by atoms with Crippen LogP contribution in [0.15, 0.2) is 42.5 Å². The molecule has 0 aliphatic carbocycles. The molecule has 1 aliphatic heterocycles. The average molecular weight is 441 g/mol. The number of carboxylic acids is 1. The topological polar surface area (TPSA) is 82.0 Å². The number of nitrogens with one attached hydrogen (secondary N) is 1. The maximum absolute atomic E-state index is 11.4. The number of benzene rings is 2. The van der Waals surface area contributed by atoms with Crippen molar-refractivity contribution >= 4 is 23.0 Å². The van der Waals surface area contributed by atoms with Gasteiger partial charge in [-0.3, -0.25) is 4.79 Å². The Bertz CT molecular complexity index is 905. The van der Waals surface area contributed by atoms with Crippen LogP contribution >= 0.6 is 0 Å². The lowest BCUT2D eigenvalue weighted by atomic mass is 9.91. The highest BCUT2D eigenvalue weighted by molar-refractivity contribution is 5.77. The quantitative estimate of drug-likeness (QED) is 0.450. The minimum atomic E-state index is -0.819. The van der Waals surface area contributed by atoms with Crippen molar-refractivity contribution in [1.29, 1.82) is 0 Å². The summed E-state index contributed by atoms with van der Waals surface area (Å²) >= 11 is 0. The van der Waals surface area contributed by atoms with E-state index in [1.54, 1.807) is 0 Å². The molecule has 1 saturated heterocycles. The Kier molecular flexibility index (Phi) is 7.67. The molecule has 174 valence electrons. The molecule has 2 atom stereocenters. The van der Waals surface area contributed by atoms with E-state index in [0.717, 1.165) is 54.2 Å². The number of anilines is 3. The van der Waals surface area contributed by atoms with Gasteiger partial charge in [-0.05, 0) is 87.9 Å². The standard InChI is InChI=1S/C26H36N2O4/c1-5-18(17-25(29)30)19-9-14-23(28-15-7-8-24(28)26(3,4)31)22(16-19)27-20-10-12-21(13-11-20)32-6-2/h9-14,16,18,24,27,31H,5-8,15,17H2,1-4H3,(H,29,30)/t18?,24-/m0/s1. The van der Waals surface area contributed by atoms with E-state index in [2.05, 4.69) is 22.3 Å². The first-order valence-corrected chi connectivity index (χ1v) is 11.6. The lowest BCUT2D eigenvalue weighted by Crippen LogP contribution is -2.46. The highest BCUT2D eigenvalue weighted by Gasteiger charge is 2.37. The van der Waals surface area contributed by atoms with Crippen LogP contribution in [-0.4, -0.2) is 41.0 Å². The van der Waals surface area contributed by atoms with Crippen molar-refractivity contribution in [3.8, 4) is 5.75 Å². The van der Waals surface area contributed by atoms with Crippen LogP contribution in [0.25, 0.3) is 0 Å². The van der Waals surface area contributed by atoms with E-state index >= 15 is 0 Å². The fraction of sp³-hybridized carbons (Fsp3) is 0.500.